The van der Waals surface area contributed by atoms with Gasteiger partial charge >= 0.3 is 0 Å². The van der Waals surface area contributed by atoms with Crippen molar-refractivity contribution in [1.82, 2.24) is 9.13 Å². The Morgan fingerprint density at radius 3 is 1.71 bits per heavy atom. The minimum atomic E-state index is 0.592. The summed E-state index contributed by atoms with van der Waals surface area (Å²) in [6.07, 6.45) is 0. The van der Waals surface area contributed by atoms with Crippen LogP contribution in [0, 0.1) is 22.7 Å². The summed E-state index contributed by atoms with van der Waals surface area (Å²) < 4.78 is 6.81. The molecule has 0 saturated carbocycles. The van der Waals surface area contributed by atoms with Gasteiger partial charge in [0.05, 0.1) is 44.0 Å². The van der Waals surface area contributed by atoms with E-state index < -0.39 is 0 Å². The minimum absolute atomic E-state index is 0.592. The van der Waals surface area contributed by atoms with Crippen LogP contribution in [0.1, 0.15) is 11.1 Å². The molecule has 3 aromatic heterocycles. The highest BCUT2D eigenvalue weighted by Gasteiger charge is 2.20. The van der Waals surface area contributed by atoms with Crippen LogP contribution in [0.4, 0.5) is 0 Å². The second-order valence-electron chi connectivity index (χ2n) is 13.9. The first-order chi connectivity index (χ1) is 27.2. The molecule has 0 saturated heterocycles. The molecule has 3 heterocycles. The Balaban J connectivity index is 1.11. The molecule has 0 spiro atoms. The molecule has 254 valence electrons. The molecule has 0 aliphatic heterocycles. The number of nitrogens with zero attached hydrogens (tertiary/aromatic N) is 4. The fourth-order valence-corrected chi connectivity index (χ4v) is 9.95. The smallest absolute Gasteiger partial charge is 0.101 e. The largest absolute Gasteiger partial charge is 0.309 e. The molecule has 0 unspecified atom stereocenters. The van der Waals surface area contributed by atoms with Crippen LogP contribution < -0.4 is 0 Å². The van der Waals surface area contributed by atoms with Crippen molar-refractivity contribution in [2.75, 3.05) is 0 Å². The van der Waals surface area contributed by atoms with E-state index in [2.05, 4.69) is 167 Å². The molecule has 0 amide bonds. The molecular formula is C50H28N4S. The summed E-state index contributed by atoms with van der Waals surface area (Å²) in [4.78, 5) is 0. The summed E-state index contributed by atoms with van der Waals surface area (Å²) in [7, 11) is 0. The van der Waals surface area contributed by atoms with Gasteiger partial charge in [-0.25, -0.2) is 0 Å². The van der Waals surface area contributed by atoms with E-state index in [0.717, 1.165) is 75.6 Å². The van der Waals surface area contributed by atoms with E-state index in [4.69, 9.17) is 0 Å². The lowest BCUT2D eigenvalue weighted by molar-refractivity contribution is 1.18. The Morgan fingerprint density at radius 1 is 0.400 bits per heavy atom. The molecule has 0 atom stereocenters. The Morgan fingerprint density at radius 2 is 0.982 bits per heavy atom. The van der Waals surface area contributed by atoms with E-state index in [9.17, 15) is 10.5 Å². The van der Waals surface area contributed by atoms with Crippen LogP contribution in [-0.4, -0.2) is 9.13 Å². The molecular weight excluding hydrogens is 689 g/mol. The maximum atomic E-state index is 10.4. The third-order valence-corrected chi connectivity index (χ3v) is 12.2. The highest BCUT2D eigenvalue weighted by atomic mass is 32.1. The van der Waals surface area contributed by atoms with Gasteiger partial charge in [0.1, 0.15) is 6.07 Å². The van der Waals surface area contributed by atoms with Gasteiger partial charge in [-0.1, -0.05) is 109 Å². The quantitative estimate of drug-likeness (QED) is 0.182. The van der Waals surface area contributed by atoms with Gasteiger partial charge in [0, 0.05) is 48.4 Å². The number of nitriles is 2. The maximum absolute atomic E-state index is 10.4. The van der Waals surface area contributed by atoms with E-state index >= 15 is 0 Å². The summed E-state index contributed by atoms with van der Waals surface area (Å²) in [5, 5.41) is 27.4. The minimum Gasteiger partial charge on any atom is -0.309 e. The molecule has 11 rings (SSSR count). The zero-order chi connectivity index (χ0) is 36.6. The monoisotopic (exact) mass is 716 g/mol. The van der Waals surface area contributed by atoms with Crippen molar-refractivity contribution in [3.63, 3.8) is 0 Å². The van der Waals surface area contributed by atoms with Gasteiger partial charge in [0.2, 0.25) is 0 Å². The SMILES string of the molecule is N#Cc1cc(-c2ccccc2-c2cccc(-n3c4ccccc4c4ccccc43)c2)cc(-n2c3ccccc3c3c4sc5c(C#N)cccc5c4ccc32)c1. The van der Waals surface area contributed by atoms with E-state index in [-0.39, 0.29) is 0 Å². The Hall–Kier alpha value is -7.44. The number of fused-ring (bicyclic) bond motifs is 10. The summed E-state index contributed by atoms with van der Waals surface area (Å²) in [6.45, 7) is 0. The number of aromatic nitrogens is 2. The van der Waals surface area contributed by atoms with Gasteiger partial charge in [0.15, 0.2) is 0 Å². The number of thiophene rings is 1. The lowest BCUT2D eigenvalue weighted by atomic mass is 9.93. The third-order valence-electron chi connectivity index (χ3n) is 11.0. The highest BCUT2D eigenvalue weighted by Crippen LogP contribution is 2.45. The summed E-state index contributed by atoms with van der Waals surface area (Å²) in [6, 6.07) is 64.3. The fraction of sp³-hybridized carbons (Fsp3) is 0. The number of hydrogen-bond acceptors (Lipinski definition) is 3. The first kappa shape index (κ1) is 31.1. The van der Waals surface area contributed by atoms with Crippen LogP contribution in [0.15, 0.2) is 170 Å². The van der Waals surface area contributed by atoms with E-state index in [0.29, 0.717) is 11.1 Å². The second-order valence-corrected chi connectivity index (χ2v) is 15.0. The van der Waals surface area contributed by atoms with E-state index in [1.54, 1.807) is 11.3 Å². The zero-order valence-electron chi connectivity index (χ0n) is 29.4. The second kappa shape index (κ2) is 12.0. The molecule has 0 radical (unpaired) electrons. The zero-order valence-corrected chi connectivity index (χ0v) is 30.2. The molecule has 5 heteroatoms. The average molecular weight is 717 g/mol. The normalized spacial score (nSPS) is 11.6. The third kappa shape index (κ3) is 4.61. The van der Waals surface area contributed by atoms with E-state index in [1.807, 2.05) is 24.3 Å². The predicted octanol–water partition coefficient (Wildman–Crippen LogP) is 13.3. The van der Waals surface area contributed by atoms with Crippen LogP contribution in [0.25, 0.3) is 97.4 Å². The summed E-state index contributed by atoms with van der Waals surface area (Å²) >= 11 is 1.68. The molecule has 0 N–H and O–H groups in total. The molecule has 55 heavy (non-hydrogen) atoms. The standard InChI is InChI=1S/C50H28N4S/c51-29-31-25-34(38-15-2-1-14-37(38)32-11-9-13-35(27-32)53-44-20-6-3-16-39(44)40-17-4-7-21-45(40)53)28-36(26-31)54-46-22-8-5-18-43(46)48-47(54)24-23-42-41-19-10-12-33(30-52)49(41)55-50(42)48/h1-28H. The van der Waals surface area contributed by atoms with Crippen molar-refractivity contribution in [2.45, 2.75) is 0 Å². The first-order valence-electron chi connectivity index (χ1n) is 18.2. The topological polar surface area (TPSA) is 57.4 Å². The Kier molecular flexibility index (Phi) is 6.82. The number of hydrogen-bond donors (Lipinski definition) is 0. The molecule has 8 aromatic carbocycles. The predicted molar refractivity (Wildman–Crippen MR) is 228 cm³/mol. The summed E-state index contributed by atoms with van der Waals surface area (Å²) in [5.74, 6) is 0. The van der Waals surface area contributed by atoms with E-state index in [1.165, 1.54) is 21.8 Å². The molecule has 4 nitrogen and oxygen atoms in total. The molecule has 0 aliphatic rings. The first-order valence-corrected chi connectivity index (χ1v) is 19.0. The van der Waals surface area contributed by atoms with Crippen molar-refractivity contribution >= 4 is 75.1 Å². The molecule has 0 fully saturated rings. The Labute approximate surface area is 320 Å². The van der Waals surface area contributed by atoms with Crippen LogP contribution in [-0.2, 0) is 0 Å². The highest BCUT2D eigenvalue weighted by molar-refractivity contribution is 7.27. The summed E-state index contributed by atoms with van der Waals surface area (Å²) in [5.41, 5.74) is 12.0. The van der Waals surface area contributed by atoms with Crippen LogP contribution in [0.3, 0.4) is 0 Å². The van der Waals surface area contributed by atoms with Gasteiger partial charge in [-0.3, -0.25) is 0 Å². The van der Waals surface area contributed by atoms with Crippen LogP contribution in [0.2, 0.25) is 0 Å². The van der Waals surface area contributed by atoms with Gasteiger partial charge in [-0.15, -0.1) is 11.3 Å². The van der Waals surface area contributed by atoms with Gasteiger partial charge in [0.25, 0.3) is 0 Å². The van der Waals surface area contributed by atoms with Crippen LogP contribution >= 0.6 is 11.3 Å². The number of benzene rings is 8. The number of rotatable bonds is 4. The average Bonchev–Trinajstić information content (AvgIpc) is 3.91. The van der Waals surface area contributed by atoms with Gasteiger partial charge < -0.3 is 9.13 Å². The van der Waals surface area contributed by atoms with Crippen molar-refractivity contribution in [3.05, 3.63) is 181 Å². The van der Waals surface area contributed by atoms with Gasteiger partial charge in [-0.05, 0) is 82.9 Å². The number of para-hydroxylation sites is 3. The molecule has 11 aromatic rings. The maximum Gasteiger partial charge on any atom is 0.101 e. The van der Waals surface area contributed by atoms with Crippen LogP contribution in [0.5, 0.6) is 0 Å². The Bertz CT molecular complexity index is 3420. The fourth-order valence-electron chi connectivity index (χ4n) is 8.63. The molecule has 0 aliphatic carbocycles. The van der Waals surface area contributed by atoms with Crippen molar-refractivity contribution in [1.29, 1.82) is 10.5 Å². The lowest BCUT2D eigenvalue weighted by Crippen LogP contribution is -1.97. The van der Waals surface area contributed by atoms with Gasteiger partial charge in [-0.2, -0.15) is 10.5 Å². The lowest BCUT2D eigenvalue weighted by Gasteiger charge is -2.15. The van der Waals surface area contributed by atoms with Crippen molar-refractivity contribution in [2.24, 2.45) is 0 Å². The van der Waals surface area contributed by atoms with Crippen molar-refractivity contribution < 1.29 is 0 Å². The molecule has 0 bridgehead atoms. The van der Waals surface area contributed by atoms with Crippen molar-refractivity contribution in [3.8, 4) is 45.8 Å².